The van der Waals surface area contributed by atoms with E-state index < -0.39 is 0 Å². The second kappa shape index (κ2) is 4.24. The molecule has 0 bridgehead atoms. The number of phenols is 1. The number of hydrogen-bond donors (Lipinski definition) is 2. The normalized spacial score (nSPS) is 42.7. The summed E-state index contributed by atoms with van der Waals surface area (Å²) in [5, 5.41) is 20.0. The molecule has 4 rings (SSSR count). The predicted molar refractivity (Wildman–Crippen MR) is 78.7 cm³/mol. The van der Waals surface area contributed by atoms with Crippen LogP contribution in [-0.2, 0) is 6.42 Å². The van der Waals surface area contributed by atoms with Crippen molar-refractivity contribution in [3.05, 3.63) is 29.3 Å². The lowest BCUT2D eigenvalue weighted by atomic mass is 9.58. The summed E-state index contributed by atoms with van der Waals surface area (Å²) in [5.41, 5.74) is 2.99. The van der Waals surface area contributed by atoms with Gasteiger partial charge in [0.1, 0.15) is 5.75 Å². The molecule has 1 aromatic rings. The topological polar surface area (TPSA) is 40.5 Å². The van der Waals surface area contributed by atoms with Gasteiger partial charge in [-0.25, -0.2) is 0 Å². The minimum atomic E-state index is -0.0883. The third-order valence-corrected chi connectivity index (χ3v) is 6.66. The van der Waals surface area contributed by atoms with Crippen molar-refractivity contribution in [3.8, 4) is 5.75 Å². The van der Waals surface area contributed by atoms with Crippen LogP contribution >= 0.6 is 0 Å². The first-order valence-corrected chi connectivity index (χ1v) is 8.09. The molecule has 0 aliphatic heterocycles. The third kappa shape index (κ3) is 1.60. The average Bonchev–Trinajstić information content (AvgIpc) is 2.74. The van der Waals surface area contributed by atoms with Crippen molar-refractivity contribution in [2.45, 2.75) is 57.5 Å². The Labute approximate surface area is 120 Å². The number of aromatic hydroxyl groups is 1. The minimum Gasteiger partial charge on any atom is -0.508 e. The maximum absolute atomic E-state index is 10.4. The molecule has 2 N–H and O–H groups in total. The third-order valence-electron chi connectivity index (χ3n) is 6.66. The van der Waals surface area contributed by atoms with E-state index in [0.29, 0.717) is 17.6 Å². The fraction of sp³-hybridized carbons (Fsp3) is 0.667. The van der Waals surface area contributed by atoms with Gasteiger partial charge in [0.15, 0.2) is 0 Å². The molecule has 0 unspecified atom stereocenters. The molecule has 3 aliphatic carbocycles. The van der Waals surface area contributed by atoms with Crippen LogP contribution in [0.3, 0.4) is 0 Å². The van der Waals surface area contributed by atoms with Crippen molar-refractivity contribution in [1.29, 1.82) is 0 Å². The smallest absolute Gasteiger partial charge is 0.115 e. The highest BCUT2D eigenvalue weighted by atomic mass is 16.3. The summed E-state index contributed by atoms with van der Waals surface area (Å²) >= 11 is 0. The number of phenolic OH excluding ortho intramolecular Hbond substituents is 1. The van der Waals surface area contributed by atoms with E-state index in [1.807, 2.05) is 12.1 Å². The predicted octanol–water partition coefficient (Wildman–Crippen LogP) is 3.61. The number of aliphatic hydroxyl groups excluding tert-OH is 1. The molecule has 0 aromatic heterocycles. The van der Waals surface area contributed by atoms with E-state index in [2.05, 4.69) is 13.0 Å². The van der Waals surface area contributed by atoms with E-state index in [-0.39, 0.29) is 11.5 Å². The highest BCUT2D eigenvalue weighted by Crippen LogP contribution is 2.60. The van der Waals surface area contributed by atoms with Gasteiger partial charge in [-0.05, 0) is 85.0 Å². The van der Waals surface area contributed by atoms with E-state index in [1.165, 1.54) is 30.4 Å². The van der Waals surface area contributed by atoms with Gasteiger partial charge in [-0.15, -0.1) is 0 Å². The van der Waals surface area contributed by atoms with Crippen molar-refractivity contribution in [2.75, 3.05) is 0 Å². The Balaban J connectivity index is 1.71. The fourth-order valence-corrected chi connectivity index (χ4v) is 5.54. The Hall–Kier alpha value is -1.02. The number of aryl methyl sites for hydroxylation is 1. The monoisotopic (exact) mass is 278 g/mol. The number of benzene rings is 1. The van der Waals surface area contributed by atoms with Gasteiger partial charge in [0.25, 0.3) is 0 Å². The van der Waals surface area contributed by atoms with Crippen LogP contribution in [-0.4, -0.2) is 16.3 Å². The van der Waals surface area contributed by atoms with Gasteiger partial charge in [-0.1, -0.05) is 13.0 Å². The molecule has 5 atom stereocenters. The molecule has 0 heterocycles. The van der Waals surface area contributed by atoms with E-state index >= 15 is 0 Å². The standard InChI is InChI=1S/C18H24O2/c1-18-9-8-14-13-5-3-12(19)10-11(13)2-4-15(14)16(18)6-7-17(18)20/h3,5,10,14-17,19-20H,2,4,6-9H2,1H3/t14-,15-,16+,17+,18+/m1/s1/i2+1,3+1,5+1,10+1,11+1,12+1. The van der Waals surface area contributed by atoms with Crippen LogP contribution in [0.15, 0.2) is 18.2 Å². The molecule has 2 fully saturated rings. The molecule has 2 nitrogen and oxygen atoms in total. The molecule has 1 aromatic carbocycles. The number of rotatable bonds is 0. The van der Waals surface area contributed by atoms with Crippen LogP contribution in [0, 0.1) is 17.3 Å². The molecule has 2 saturated carbocycles. The van der Waals surface area contributed by atoms with E-state index in [4.69, 9.17) is 0 Å². The van der Waals surface area contributed by atoms with Gasteiger partial charge in [-0.2, -0.15) is 0 Å². The lowest BCUT2D eigenvalue weighted by Crippen LogP contribution is -2.43. The summed E-state index contributed by atoms with van der Waals surface area (Å²) in [6.07, 6.45) is 6.78. The van der Waals surface area contributed by atoms with Crippen molar-refractivity contribution < 1.29 is 10.2 Å². The fourth-order valence-electron chi connectivity index (χ4n) is 5.54. The van der Waals surface area contributed by atoms with Gasteiger partial charge in [0.2, 0.25) is 0 Å². The molecular weight excluding hydrogens is 254 g/mol. The minimum absolute atomic E-state index is 0.0883. The lowest BCUT2D eigenvalue weighted by Gasteiger charge is -2.50. The maximum Gasteiger partial charge on any atom is 0.115 e. The summed E-state index contributed by atoms with van der Waals surface area (Å²) in [6.45, 7) is 2.32. The molecule has 0 spiro atoms. The SMILES string of the molecule is C[C@]12CC[C@@H]3c4[13cH][13cH][13c](O)[13cH][13c]4[13CH2]C[C@H]3[C@@H]1CC[C@@H]2O. The Bertz CT molecular complexity index is 538. The Morgan fingerprint density at radius 2 is 2.00 bits per heavy atom. The summed E-state index contributed by atoms with van der Waals surface area (Å²) in [5.74, 6) is 2.49. The molecule has 0 amide bonds. The van der Waals surface area contributed by atoms with Crippen molar-refractivity contribution >= 4 is 0 Å². The first kappa shape index (κ1) is 12.7. The Morgan fingerprint density at radius 1 is 1.15 bits per heavy atom. The highest BCUT2D eigenvalue weighted by molar-refractivity contribution is 5.40. The molecule has 20 heavy (non-hydrogen) atoms. The number of fused-ring (bicyclic) bond motifs is 5. The highest BCUT2D eigenvalue weighted by Gasteiger charge is 2.54. The van der Waals surface area contributed by atoms with Gasteiger partial charge in [0.05, 0.1) is 6.10 Å². The van der Waals surface area contributed by atoms with Gasteiger partial charge in [0, 0.05) is 0 Å². The van der Waals surface area contributed by atoms with Gasteiger partial charge in [-0.3, -0.25) is 0 Å². The number of hydrogen-bond acceptors (Lipinski definition) is 2. The Morgan fingerprint density at radius 3 is 2.85 bits per heavy atom. The summed E-state index contributed by atoms with van der Waals surface area (Å²) in [6, 6.07) is 5.96. The van der Waals surface area contributed by atoms with Crippen LogP contribution in [0.5, 0.6) is 5.75 Å². The Kier molecular flexibility index (Phi) is 2.69. The van der Waals surface area contributed by atoms with Crippen molar-refractivity contribution in [1.82, 2.24) is 0 Å². The summed E-state index contributed by atoms with van der Waals surface area (Å²) in [4.78, 5) is 0. The zero-order valence-corrected chi connectivity index (χ0v) is 12.2. The molecule has 2 heteroatoms. The maximum atomic E-state index is 10.4. The van der Waals surface area contributed by atoms with Crippen LogP contribution in [0.1, 0.15) is 56.1 Å². The molecule has 0 radical (unpaired) electrons. The quantitative estimate of drug-likeness (QED) is 0.712. The van der Waals surface area contributed by atoms with Gasteiger partial charge >= 0.3 is 0 Å². The van der Waals surface area contributed by atoms with E-state index in [1.54, 1.807) is 0 Å². The van der Waals surface area contributed by atoms with Gasteiger partial charge < -0.3 is 10.2 Å². The first-order chi connectivity index (χ1) is 9.59. The van der Waals surface area contributed by atoms with Crippen molar-refractivity contribution in [2.24, 2.45) is 17.3 Å². The van der Waals surface area contributed by atoms with Crippen LogP contribution in [0.25, 0.3) is 0 Å². The molecule has 3 aliphatic rings. The number of aliphatic hydroxyl groups is 1. The summed E-state index contributed by atoms with van der Waals surface area (Å²) in [7, 11) is 0. The molecule has 0 saturated heterocycles. The largest absolute Gasteiger partial charge is 0.508 e. The first-order valence-electron chi connectivity index (χ1n) is 8.09. The van der Waals surface area contributed by atoms with Crippen LogP contribution in [0.2, 0.25) is 0 Å². The van der Waals surface area contributed by atoms with Crippen LogP contribution in [0.4, 0.5) is 0 Å². The van der Waals surface area contributed by atoms with Crippen molar-refractivity contribution in [3.63, 3.8) is 0 Å². The van der Waals surface area contributed by atoms with E-state index in [9.17, 15) is 10.2 Å². The zero-order valence-electron chi connectivity index (χ0n) is 12.2. The second-order valence-electron chi connectivity index (χ2n) is 7.44. The second-order valence-corrected chi connectivity index (χ2v) is 7.44. The van der Waals surface area contributed by atoms with Crippen LogP contribution < -0.4 is 0 Å². The zero-order chi connectivity index (χ0) is 13.9. The molecule has 108 valence electrons. The average molecular weight is 278 g/mol. The molecular formula is C18H24O2. The summed E-state index contributed by atoms with van der Waals surface area (Å²) < 4.78 is 0. The lowest BCUT2D eigenvalue weighted by molar-refractivity contribution is -0.0226. The van der Waals surface area contributed by atoms with E-state index in [0.717, 1.165) is 25.2 Å².